The van der Waals surface area contributed by atoms with Gasteiger partial charge in [-0.25, -0.2) is 0 Å². The lowest BCUT2D eigenvalue weighted by Gasteiger charge is -2.20. The number of nitrogens with two attached hydrogens (primary N) is 1. The molecule has 0 radical (unpaired) electrons. The van der Waals surface area contributed by atoms with Gasteiger partial charge in [-0.1, -0.05) is 18.2 Å². The fraction of sp³-hybridized carbons (Fsp3) is 0.167. The molecule has 6 nitrogen and oxygen atoms in total. The molecule has 2 amide bonds. The monoisotopic (exact) mass is 354 g/mol. The summed E-state index contributed by atoms with van der Waals surface area (Å²) < 4.78 is 0. The number of carbonyl (C=O) groups is 2. The summed E-state index contributed by atoms with van der Waals surface area (Å²) in [6.07, 6.45) is 2.17. The molecule has 3 rings (SSSR count). The lowest BCUT2D eigenvalue weighted by atomic mass is 10.1. The van der Waals surface area contributed by atoms with Crippen LogP contribution in [0.2, 0.25) is 0 Å². The van der Waals surface area contributed by atoms with Crippen molar-refractivity contribution in [1.82, 2.24) is 0 Å². The molecule has 3 N–H and O–H groups in total. The average Bonchev–Trinajstić information content (AvgIpc) is 3.09. The van der Waals surface area contributed by atoms with Crippen LogP contribution in [0, 0.1) is 0 Å². The van der Waals surface area contributed by atoms with Gasteiger partial charge in [0.25, 0.3) is 5.91 Å². The Morgan fingerprint density at radius 1 is 1.16 bits per heavy atom. The number of benzene rings is 2. The molecule has 2 aromatic rings. The summed E-state index contributed by atoms with van der Waals surface area (Å²) >= 11 is 1.63. The minimum absolute atomic E-state index is 0.180. The average molecular weight is 354 g/mol. The van der Waals surface area contributed by atoms with Gasteiger partial charge in [-0.15, -0.1) is 11.8 Å². The van der Waals surface area contributed by atoms with Gasteiger partial charge in [-0.3, -0.25) is 14.6 Å². The lowest BCUT2D eigenvalue weighted by molar-refractivity contribution is -0.119. The highest BCUT2D eigenvalue weighted by molar-refractivity contribution is 7.98. The van der Waals surface area contributed by atoms with Gasteiger partial charge in [0.2, 0.25) is 5.91 Å². The SMILES string of the molecule is CSc1ccc(NC(=O)C2=NN(c3ccccc3)C(C(N)=O)C2)cc1. The molecule has 7 heteroatoms. The number of hydrogen-bond donors (Lipinski definition) is 2. The Hall–Kier alpha value is -2.80. The van der Waals surface area contributed by atoms with Gasteiger partial charge in [0.05, 0.1) is 5.69 Å². The molecule has 128 valence electrons. The molecule has 1 heterocycles. The first-order chi connectivity index (χ1) is 12.1. The van der Waals surface area contributed by atoms with Crippen LogP contribution in [-0.4, -0.2) is 29.8 Å². The van der Waals surface area contributed by atoms with E-state index in [1.54, 1.807) is 11.8 Å². The molecule has 1 aliphatic heterocycles. The van der Waals surface area contributed by atoms with Crippen molar-refractivity contribution < 1.29 is 9.59 Å². The molecule has 0 saturated carbocycles. The van der Waals surface area contributed by atoms with Gasteiger partial charge in [0.1, 0.15) is 11.8 Å². The second-order valence-electron chi connectivity index (χ2n) is 5.53. The summed E-state index contributed by atoms with van der Waals surface area (Å²) in [5, 5.41) is 8.64. The standard InChI is InChI=1S/C18H18N4O2S/c1-25-14-9-7-12(8-10-14)20-18(24)15-11-16(17(19)23)22(21-15)13-5-3-2-4-6-13/h2-10,16H,11H2,1H3,(H2,19,23)(H,20,24). The Bertz CT molecular complexity index is 806. The number of primary amides is 1. The molecule has 1 unspecified atom stereocenters. The largest absolute Gasteiger partial charge is 0.368 e. The maximum absolute atomic E-state index is 12.5. The predicted molar refractivity (Wildman–Crippen MR) is 101 cm³/mol. The summed E-state index contributed by atoms with van der Waals surface area (Å²) in [6, 6.07) is 16.1. The van der Waals surface area contributed by atoms with Gasteiger partial charge in [-0.2, -0.15) is 5.10 Å². The van der Waals surface area contributed by atoms with E-state index in [0.717, 1.165) is 10.6 Å². The van der Waals surface area contributed by atoms with E-state index in [1.165, 1.54) is 5.01 Å². The van der Waals surface area contributed by atoms with Crippen LogP contribution in [0.5, 0.6) is 0 Å². The number of hydrazone groups is 1. The van der Waals surface area contributed by atoms with Crippen LogP contribution in [0.15, 0.2) is 64.6 Å². The fourth-order valence-corrected chi connectivity index (χ4v) is 2.97. The molecule has 0 fully saturated rings. The number of anilines is 2. The minimum Gasteiger partial charge on any atom is -0.368 e. The quantitative estimate of drug-likeness (QED) is 0.808. The Labute approximate surface area is 150 Å². The predicted octanol–water partition coefficient (Wildman–Crippen LogP) is 2.47. The smallest absolute Gasteiger partial charge is 0.271 e. The van der Waals surface area contributed by atoms with E-state index >= 15 is 0 Å². The Kier molecular flexibility index (Phi) is 5.04. The third-order valence-corrected chi connectivity index (χ3v) is 4.61. The van der Waals surface area contributed by atoms with Crippen LogP contribution in [0.3, 0.4) is 0 Å². The van der Waals surface area contributed by atoms with E-state index in [4.69, 9.17) is 5.73 Å². The molecule has 0 bridgehead atoms. The minimum atomic E-state index is -0.665. The summed E-state index contributed by atoms with van der Waals surface area (Å²) in [7, 11) is 0. The fourth-order valence-electron chi connectivity index (χ4n) is 2.57. The third-order valence-electron chi connectivity index (χ3n) is 3.87. The number of nitrogens with one attached hydrogen (secondary N) is 1. The molecular weight excluding hydrogens is 336 g/mol. The highest BCUT2D eigenvalue weighted by Gasteiger charge is 2.34. The third kappa shape index (κ3) is 3.83. The van der Waals surface area contributed by atoms with Crippen molar-refractivity contribution in [2.75, 3.05) is 16.6 Å². The lowest BCUT2D eigenvalue weighted by Crippen LogP contribution is -2.39. The highest BCUT2D eigenvalue weighted by Crippen LogP contribution is 2.25. The summed E-state index contributed by atoms with van der Waals surface area (Å²) in [5.41, 5.74) is 7.16. The van der Waals surface area contributed by atoms with E-state index in [0.29, 0.717) is 5.69 Å². The summed E-state index contributed by atoms with van der Waals surface area (Å²) in [6.45, 7) is 0. The summed E-state index contributed by atoms with van der Waals surface area (Å²) in [4.78, 5) is 25.4. The van der Waals surface area contributed by atoms with Gasteiger partial charge in [0.15, 0.2) is 0 Å². The second-order valence-corrected chi connectivity index (χ2v) is 6.41. The number of nitrogens with zero attached hydrogens (tertiary/aromatic N) is 2. The number of para-hydroxylation sites is 1. The maximum atomic E-state index is 12.5. The van der Waals surface area contributed by atoms with Crippen molar-refractivity contribution >= 4 is 40.7 Å². The molecule has 1 atom stereocenters. The highest BCUT2D eigenvalue weighted by atomic mass is 32.2. The number of amides is 2. The van der Waals surface area contributed by atoms with Crippen molar-refractivity contribution in [1.29, 1.82) is 0 Å². The van der Waals surface area contributed by atoms with Crippen LogP contribution in [0.1, 0.15) is 6.42 Å². The Morgan fingerprint density at radius 3 is 2.44 bits per heavy atom. The number of hydrogen-bond acceptors (Lipinski definition) is 5. The molecule has 0 aliphatic carbocycles. The zero-order valence-electron chi connectivity index (χ0n) is 13.7. The Balaban J connectivity index is 1.78. The van der Waals surface area contributed by atoms with E-state index in [2.05, 4.69) is 10.4 Å². The second kappa shape index (κ2) is 7.40. The first-order valence-electron chi connectivity index (χ1n) is 7.75. The first kappa shape index (κ1) is 17.0. The maximum Gasteiger partial charge on any atom is 0.271 e. The zero-order chi connectivity index (χ0) is 17.8. The van der Waals surface area contributed by atoms with Gasteiger partial charge < -0.3 is 11.1 Å². The molecule has 0 spiro atoms. The van der Waals surface area contributed by atoms with Gasteiger partial charge in [0, 0.05) is 17.0 Å². The molecular formula is C18H18N4O2S. The number of carbonyl (C=O) groups excluding carboxylic acids is 2. The molecule has 2 aromatic carbocycles. The Morgan fingerprint density at radius 2 is 1.84 bits per heavy atom. The van der Waals surface area contributed by atoms with Gasteiger partial charge >= 0.3 is 0 Å². The van der Waals surface area contributed by atoms with Crippen molar-refractivity contribution in [2.24, 2.45) is 10.8 Å². The van der Waals surface area contributed by atoms with Crippen molar-refractivity contribution in [3.05, 3.63) is 54.6 Å². The van der Waals surface area contributed by atoms with Crippen LogP contribution < -0.4 is 16.1 Å². The van der Waals surface area contributed by atoms with E-state index in [-0.39, 0.29) is 18.0 Å². The van der Waals surface area contributed by atoms with Crippen LogP contribution >= 0.6 is 11.8 Å². The van der Waals surface area contributed by atoms with Crippen molar-refractivity contribution in [3.8, 4) is 0 Å². The van der Waals surface area contributed by atoms with E-state index < -0.39 is 11.9 Å². The van der Waals surface area contributed by atoms with Gasteiger partial charge in [-0.05, 0) is 42.7 Å². The topological polar surface area (TPSA) is 87.8 Å². The normalized spacial score (nSPS) is 16.4. The van der Waals surface area contributed by atoms with E-state index in [1.807, 2.05) is 60.9 Å². The van der Waals surface area contributed by atoms with Crippen molar-refractivity contribution in [2.45, 2.75) is 17.4 Å². The zero-order valence-corrected chi connectivity index (χ0v) is 14.5. The van der Waals surface area contributed by atoms with Crippen LogP contribution in [0.4, 0.5) is 11.4 Å². The summed E-state index contributed by atoms with van der Waals surface area (Å²) in [5.74, 6) is -0.846. The van der Waals surface area contributed by atoms with Crippen LogP contribution in [-0.2, 0) is 9.59 Å². The van der Waals surface area contributed by atoms with Crippen LogP contribution in [0.25, 0.3) is 0 Å². The van der Waals surface area contributed by atoms with E-state index in [9.17, 15) is 9.59 Å². The molecule has 25 heavy (non-hydrogen) atoms. The van der Waals surface area contributed by atoms with Crippen molar-refractivity contribution in [3.63, 3.8) is 0 Å². The molecule has 0 saturated heterocycles. The molecule has 1 aliphatic rings. The first-order valence-corrected chi connectivity index (χ1v) is 8.97. The molecule has 0 aromatic heterocycles. The number of thioether (sulfide) groups is 1. The number of rotatable bonds is 5.